The Balaban J connectivity index is 2.53. The predicted molar refractivity (Wildman–Crippen MR) is 93.9 cm³/mol. The van der Waals surface area contributed by atoms with Gasteiger partial charge in [-0.15, -0.1) is 11.3 Å². The second kappa shape index (κ2) is 9.15. The molecule has 1 heterocycles. The van der Waals surface area contributed by atoms with Crippen LogP contribution in [0, 0.1) is 5.92 Å². The predicted octanol–water partition coefficient (Wildman–Crippen LogP) is 2.57. The van der Waals surface area contributed by atoms with E-state index in [2.05, 4.69) is 30.8 Å². The van der Waals surface area contributed by atoms with Gasteiger partial charge in [-0.2, -0.15) is 11.8 Å². The summed E-state index contributed by atoms with van der Waals surface area (Å²) in [5.41, 5.74) is 0. The van der Waals surface area contributed by atoms with Gasteiger partial charge in [-0.05, 0) is 36.5 Å². The van der Waals surface area contributed by atoms with Crippen LogP contribution in [0.15, 0.2) is 16.3 Å². The molecule has 0 aliphatic carbocycles. The molecule has 21 heavy (non-hydrogen) atoms. The van der Waals surface area contributed by atoms with E-state index in [0.29, 0.717) is 22.7 Å². The highest BCUT2D eigenvalue weighted by Crippen LogP contribution is 2.22. The van der Waals surface area contributed by atoms with Gasteiger partial charge in [0, 0.05) is 24.0 Å². The number of sulfonamides is 1. The Morgan fingerprint density at radius 1 is 1.29 bits per heavy atom. The van der Waals surface area contributed by atoms with E-state index in [1.807, 2.05) is 12.3 Å². The third kappa shape index (κ3) is 7.15. The van der Waals surface area contributed by atoms with E-state index < -0.39 is 10.0 Å². The van der Waals surface area contributed by atoms with Crippen LogP contribution < -0.4 is 10.0 Å². The molecule has 0 amide bonds. The zero-order valence-electron chi connectivity index (χ0n) is 13.2. The third-order valence-electron chi connectivity index (χ3n) is 2.90. The zero-order valence-corrected chi connectivity index (χ0v) is 15.6. The first-order chi connectivity index (χ1) is 9.85. The molecule has 4 nitrogen and oxygen atoms in total. The number of rotatable bonds is 10. The Kier molecular flexibility index (Phi) is 8.26. The number of thioether (sulfide) groups is 1. The minimum atomic E-state index is -3.36. The molecule has 0 aliphatic heterocycles. The molecule has 0 aliphatic rings. The summed E-state index contributed by atoms with van der Waals surface area (Å²) in [6.45, 7) is 7.62. The summed E-state index contributed by atoms with van der Waals surface area (Å²) in [5, 5.41) is 3.34. The first-order valence-corrected chi connectivity index (χ1v) is 10.8. The van der Waals surface area contributed by atoms with Crippen molar-refractivity contribution in [3.8, 4) is 0 Å². The molecule has 1 atom stereocenters. The normalized spacial score (nSPS) is 13.8. The van der Waals surface area contributed by atoms with Crippen molar-refractivity contribution in [3.63, 3.8) is 0 Å². The van der Waals surface area contributed by atoms with E-state index in [1.54, 1.807) is 17.8 Å². The maximum Gasteiger partial charge on any atom is 0.250 e. The monoisotopic (exact) mass is 350 g/mol. The molecule has 0 aromatic carbocycles. The SMILES string of the molecule is CSCC(C)CNS(=O)(=O)c1ccc(CCNC(C)C)s1. The molecule has 0 radical (unpaired) electrons. The number of thiophene rings is 1. The van der Waals surface area contributed by atoms with Crippen molar-refractivity contribution in [2.45, 2.75) is 37.4 Å². The van der Waals surface area contributed by atoms with E-state index in [0.717, 1.165) is 23.6 Å². The van der Waals surface area contributed by atoms with Crippen LogP contribution in [0.25, 0.3) is 0 Å². The highest BCUT2D eigenvalue weighted by molar-refractivity contribution is 7.98. The lowest BCUT2D eigenvalue weighted by molar-refractivity contribution is 0.564. The van der Waals surface area contributed by atoms with Crippen LogP contribution in [0.3, 0.4) is 0 Å². The maximum absolute atomic E-state index is 12.2. The third-order valence-corrected chi connectivity index (χ3v) is 6.86. The van der Waals surface area contributed by atoms with E-state index in [4.69, 9.17) is 0 Å². The molecule has 7 heteroatoms. The summed E-state index contributed by atoms with van der Waals surface area (Å²) in [6, 6.07) is 4.07. The maximum atomic E-state index is 12.2. The fourth-order valence-corrected chi connectivity index (χ4v) is 5.04. The summed E-state index contributed by atoms with van der Waals surface area (Å²) in [4.78, 5) is 1.10. The van der Waals surface area contributed by atoms with E-state index >= 15 is 0 Å². The molecular weight excluding hydrogens is 324 g/mol. The van der Waals surface area contributed by atoms with Crippen molar-refractivity contribution in [1.29, 1.82) is 0 Å². The van der Waals surface area contributed by atoms with Gasteiger partial charge in [0.25, 0.3) is 0 Å². The zero-order chi connectivity index (χ0) is 15.9. The Morgan fingerprint density at radius 2 is 2.00 bits per heavy atom. The van der Waals surface area contributed by atoms with Gasteiger partial charge < -0.3 is 5.32 Å². The van der Waals surface area contributed by atoms with Gasteiger partial charge in [0.05, 0.1) is 0 Å². The Bertz CT molecular complexity index is 512. The summed E-state index contributed by atoms with van der Waals surface area (Å²) in [5.74, 6) is 1.29. The minimum Gasteiger partial charge on any atom is -0.314 e. The van der Waals surface area contributed by atoms with Crippen molar-refractivity contribution in [2.75, 3.05) is 25.1 Å². The molecule has 0 saturated carbocycles. The van der Waals surface area contributed by atoms with Gasteiger partial charge in [-0.3, -0.25) is 0 Å². The fraction of sp³-hybridized carbons (Fsp3) is 0.714. The second-order valence-electron chi connectivity index (χ2n) is 5.49. The number of hydrogen-bond donors (Lipinski definition) is 2. The van der Waals surface area contributed by atoms with Gasteiger partial charge in [0.2, 0.25) is 10.0 Å². The van der Waals surface area contributed by atoms with Crippen LogP contribution in [0.1, 0.15) is 25.6 Å². The van der Waals surface area contributed by atoms with Gasteiger partial charge in [0.1, 0.15) is 4.21 Å². The van der Waals surface area contributed by atoms with Crippen LogP contribution in [0.5, 0.6) is 0 Å². The summed E-state index contributed by atoms with van der Waals surface area (Å²) >= 11 is 3.09. The molecule has 0 bridgehead atoms. The van der Waals surface area contributed by atoms with Crippen LogP contribution in [0.4, 0.5) is 0 Å². The van der Waals surface area contributed by atoms with Gasteiger partial charge in [-0.25, -0.2) is 13.1 Å². The van der Waals surface area contributed by atoms with Crippen LogP contribution in [-0.4, -0.2) is 39.6 Å². The molecule has 1 rings (SSSR count). The van der Waals surface area contributed by atoms with E-state index in [-0.39, 0.29) is 0 Å². The average molecular weight is 351 g/mol. The van der Waals surface area contributed by atoms with Crippen LogP contribution in [0.2, 0.25) is 0 Å². The van der Waals surface area contributed by atoms with E-state index in [9.17, 15) is 8.42 Å². The topological polar surface area (TPSA) is 58.2 Å². The van der Waals surface area contributed by atoms with E-state index in [1.165, 1.54) is 11.3 Å². The minimum absolute atomic E-state index is 0.337. The first-order valence-electron chi connectivity index (χ1n) is 7.16. The molecule has 0 spiro atoms. The smallest absolute Gasteiger partial charge is 0.250 e. The largest absolute Gasteiger partial charge is 0.314 e. The Hall–Kier alpha value is -0.0800. The van der Waals surface area contributed by atoms with Crippen LogP contribution >= 0.6 is 23.1 Å². The van der Waals surface area contributed by atoms with Crippen molar-refractivity contribution in [2.24, 2.45) is 5.92 Å². The molecular formula is C14H26N2O2S3. The highest BCUT2D eigenvalue weighted by atomic mass is 32.2. The lowest BCUT2D eigenvalue weighted by Gasteiger charge is -2.10. The fourth-order valence-electron chi connectivity index (χ4n) is 1.79. The summed E-state index contributed by atoms with van der Waals surface area (Å²) in [6.07, 6.45) is 2.89. The molecule has 122 valence electrons. The molecule has 2 N–H and O–H groups in total. The molecule has 1 aromatic heterocycles. The summed E-state index contributed by atoms with van der Waals surface area (Å²) in [7, 11) is -3.36. The highest BCUT2D eigenvalue weighted by Gasteiger charge is 2.17. The van der Waals surface area contributed by atoms with Gasteiger partial charge in [-0.1, -0.05) is 20.8 Å². The Morgan fingerprint density at radius 3 is 2.62 bits per heavy atom. The molecule has 0 saturated heterocycles. The van der Waals surface area contributed by atoms with Crippen molar-refractivity contribution in [1.82, 2.24) is 10.0 Å². The van der Waals surface area contributed by atoms with Gasteiger partial charge >= 0.3 is 0 Å². The van der Waals surface area contributed by atoms with Crippen LogP contribution in [-0.2, 0) is 16.4 Å². The van der Waals surface area contributed by atoms with Crippen molar-refractivity contribution in [3.05, 3.63) is 17.0 Å². The van der Waals surface area contributed by atoms with Gasteiger partial charge in [0.15, 0.2) is 0 Å². The Labute approximate surface area is 137 Å². The lowest BCUT2D eigenvalue weighted by Crippen LogP contribution is -2.28. The lowest BCUT2D eigenvalue weighted by atomic mass is 10.2. The van der Waals surface area contributed by atoms with Crippen molar-refractivity contribution >= 4 is 33.1 Å². The van der Waals surface area contributed by atoms with Crippen molar-refractivity contribution < 1.29 is 8.42 Å². The number of hydrogen-bond acceptors (Lipinski definition) is 5. The number of nitrogens with one attached hydrogen (secondary N) is 2. The first kappa shape index (κ1) is 19.0. The molecule has 0 fully saturated rings. The average Bonchev–Trinajstić information content (AvgIpc) is 2.86. The molecule has 1 unspecified atom stereocenters. The second-order valence-corrected chi connectivity index (χ2v) is 9.56. The molecule has 1 aromatic rings. The standard InChI is InChI=1S/C14H26N2O2S3/c1-11(2)15-8-7-13-5-6-14(20-13)21(17,18)16-9-12(3)10-19-4/h5-6,11-12,15-16H,7-10H2,1-4H3. The quantitative estimate of drug-likeness (QED) is 0.681. The summed E-state index contributed by atoms with van der Waals surface area (Å²) < 4.78 is 27.5.